The average molecular weight is 276 g/mol. The van der Waals surface area contributed by atoms with Gasteiger partial charge in [0.05, 0.1) is 17.4 Å². The van der Waals surface area contributed by atoms with E-state index in [-0.39, 0.29) is 23.7 Å². The number of carbonyl (C=O) groups is 1. The van der Waals surface area contributed by atoms with Gasteiger partial charge in [-0.25, -0.2) is 0 Å². The van der Waals surface area contributed by atoms with Gasteiger partial charge in [-0.2, -0.15) is 5.26 Å². The van der Waals surface area contributed by atoms with E-state index in [4.69, 9.17) is 5.26 Å². The number of anilines is 1. The lowest BCUT2D eigenvalue weighted by Crippen LogP contribution is -2.35. The summed E-state index contributed by atoms with van der Waals surface area (Å²) in [6.07, 6.45) is 0.168. The van der Waals surface area contributed by atoms with E-state index >= 15 is 0 Å². The molecule has 0 aliphatic heterocycles. The van der Waals surface area contributed by atoms with E-state index in [9.17, 15) is 14.9 Å². The minimum absolute atomic E-state index is 0.00846. The molecule has 1 unspecified atom stereocenters. The van der Waals surface area contributed by atoms with E-state index in [0.29, 0.717) is 5.69 Å². The number of nitro benzene ring substituents is 1. The zero-order valence-corrected chi connectivity index (χ0v) is 11.6. The second kappa shape index (κ2) is 6.52. The molecule has 1 N–H and O–H groups in total. The van der Waals surface area contributed by atoms with Crippen molar-refractivity contribution in [3.63, 3.8) is 0 Å². The van der Waals surface area contributed by atoms with Gasteiger partial charge in [0, 0.05) is 31.9 Å². The number of hydrogen-bond donors (Lipinski definition) is 1. The van der Waals surface area contributed by atoms with Crippen molar-refractivity contribution in [1.82, 2.24) is 4.90 Å². The van der Waals surface area contributed by atoms with Crippen molar-refractivity contribution in [1.29, 1.82) is 5.26 Å². The Hall–Kier alpha value is -2.62. The Morgan fingerprint density at radius 2 is 2.25 bits per heavy atom. The summed E-state index contributed by atoms with van der Waals surface area (Å²) >= 11 is 0. The summed E-state index contributed by atoms with van der Waals surface area (Å²) in [4.78, 5) is 24.1. The predicted octanol–water partition coefficient (Wildman–Crippen LogP) is 2.01. The van der Waals surface area contributed by atoms with Gasteiger partial charge in [0.25, 0.3) is 11.6 Å². The molecule has 1 amide bonds. The zero-order valence-electron chi connectivity index (χ0n) is 11.6. The number of carbonyl (C=O) groups excluding carboxylic acids is 1. The van der Waals surface area contributed by atoms with Crippen LogP contribution in [0, 0.1) is 21.4 Å². The fourth-order valence-electron chi connectivity index (χ4n) is 1.68. The fourth-order valence-corrected chi connectivity index (χ4v) is 1.68. The fraction of sp³-hybridized carbons (Fsp3) is 0.385. The van der Waals surface area contributed by atoms with Crippen LogP contribution in [0.4, 0.5) is 11.4 Å². The minimum Gasteiger partial charge on any atom is -0.388 e. The van der Waals surface area contributed by atoms with Gasteiger partial charge in [-0.15, -0.1) is 0 Å². The van der Waals surface area contributed by atoms with E-state index in [1.165, 1.54) is 30.1 Å². The molecule has 20 heavy (non-hydrogen) atoms. The highest BCUT2D eigenvalue weighted by atomic mass is 16.6. The summed E-state index contributed by atoms with van der Waals surface area (Å²) in [6, 6.07) is 5.93. The first-order valence-electron chi connectivity index (χ1n) is 6.02. The SMILES string of the molecule is CNc1ccc([N+](=O)[O-])c(C(=O)N(C)C(C)CC#N)c1. The van der Waals surface area contributed by atoms with E-state index in [1.807, 2.05) is 6.07 Å². The van der Waals surface area contributed by atoms with Crippen LogP contribution in [0.25, 0.3) is 0 Å². The van der Waals surface area contributed by atoms with Crippen LogP contribution in [0.15, 0.2) is 18.2 Å². The first-order chi connectivity index (χ1) is 9.42. The maximum Gasteiger partial charge on any atom is 0.282 e. The maximum absolute atomic E-state index is 12.3. The number of nitro groups is 1. The second-order valence-corrected chi connectivity index (χ2v) is 4.37. The monoisotopic (exact) mass is 276 g/mol. The quantitative estimate of drug-likeness (QED) is 0.655. The Morgan fingerprint density at radius 1 is 1.60 bits per heavy atom. The van der Waals surface area contributed by atoms with Gasteiger partial charge in [0.2, 0.25) is 0 Å². The molecule has 0 aromatic heterocycles. The minimum atomic E-state index is -0.588. The largest absolute Gasteiger partial charge is 0.388 e. The molecule has 0 aliphatic rings. The maximum atomic E-state index is 12.3. The van der Waals surface area contributed by atoms with E-state index in [1.54, 1.807) is 14.0 Å². The molecule has 0 radical (unpaired) electrons. The normalized spacial score (nSPS) is 11.3. The van der Waals surface area contributed by atoms with Crippen LogP contribution in [-0.4, -0.2) is 35.9 Å². The van der Waals surface area contributed by atoms with E-state index < -0.39 is 10.8 Å². The van der Waals surface area contributed by atoms with Crippen molar-refractivity contribution < 1.29 is 9.72 Å². The molecular formula is C13H16N4O3. The van der Waals surface area contributed by atoms with Crippen LogP contribution in [0.1, 0.15) is 23.7 Å². The summed E-state index contributed by atoms with van der Waals surface area (Å²) in [5.74, 6) is -0.475. The molecule has 7 nitrogen and oxygen atoms in total. The molecule has 0 heterocycles. The molecule has 1 aromatic carbocycles. The Balaban J connectivity index is 3.19. The summed E-state index contributed by atoms with van der Waals surface area (Å²) in [6.45, 7) is 1.72. The van der Waals surface area contributed by atoms with Crippen LogP contribution >= 0.6 is 0 Å². The lowest BCUT2D eigenvalue weighted by molar-refractivity contribution is -0.385. The lowest BCUT2D eigenvalue weighted by Gasteiger charge is -2.23. The smallest absolute Gasteiger partial charge is 0.282 e. The molecule has 1 atom stereocenters. The average Bonchev–Trinajstić information content (AvgIpc) is 2.45. The highest BCUT2D eigenvalue weighted by molar-refractivity contribution is 5.99. The molecule has 7 heteroatoms. The van der Waals surface area contributed by atoms with Gasteiger partial charge in [-0.05, 0) is 19.1 Å². The van der Waals surface area contributed by atoms with Crippen molar-refractivity contribution in [2.75, 3.05) is 19.4 Å². The summed E-state index contributed by atoms with van der Waals surface area (Å²) < 4.78 is 0. The molecule has 0 spiro atoms. The third kappa shape index (κ3) is 3.23. The molecule has 106 valence electrons. The molecule has 0 fully saturated rings. The molecule has 0 saturated carbocycles. The molecule has 0 bridgehead atoms. The van der Waals surface area contributed by atoms with Crippen molar-refractivity contribution in [2.24, 2.45) is 0 Å². The first-order valence-corrected chi connectivity index (χ1v) is 6.02. The number of hydrogen-bond acceptors (Lipinski definition) is 5. The highest BCUT2D eigenvalue weighted by Gasteiger charge is 2.25. The van der Waals surface area contributed by atoms with Gasteiger partial charge in [0.15, 0.2) is 0 Å². The summed E-state index contributed by atoms with van der Waals surface area (Å²) in [5.41, 5.74) is 0.374. The number of benzene rings is 1. The third-order valence-corrected chi connectivity index (χ3v) is 3.08. The van der Waals surface area contributed by atoms with Gasteiger partial charge in [-0.1, -0.05) is 0 Å². The molecule has 1 aromatic rings. The standard InChI is InChI=1S/C13H16N4O3/c1-9(6-7-14)16(3)13(18)11-8-10(15-2)4-5-12(11)17(19)20/h4-5,8-9,15H,6H2,1-3H3. The van der Waals surface area contributed by atoms with Crippen LogP contribution < -0.4 is 5.32 Å². The van der Waals surface area contributed by atoms with Crippen molar-refractivity contribution in [2.45, 2.75) is 19.4 Å². The van der Waals surface area contributed by atoms with Crippen LogP contribution in [0.3, 0.4) is 0 Å². The molecular weight excluding hydrogens is 260 g/mol. The third-order valence-electron chi connectivity index (χ3n) is 3.08. The number of nitriles is 1. The highest BCUT2D eigenvalue weighted by Crippen LogP contribution is 2.24. The van der Waals surface area contributed by atoms with E-state index in [2.05, 4.69) is 5.32 Å². The van der Waals surface area contributed by atoms with Gasteiger partial charge >= 0.3 is 0 Å². The zero-order chi connectivity index (χ0) is 15.3. The second-order valence-electron chi connectivity index (χ2n) is 4.37. The molecule has 1 rings (SSSR count). The van der Waals surface area contributed by atoms with Crippen LogP contribution in [0.5, 0.6) is 0 Å². The van der Waals surface area contributed by atoms with Crippen LogP contribution in [0.2, 0.25) is 0 Å². The van der Waals surface area contributed by atoms with E-state index in [0.717, 1.165) is 0 Å². The summed E-state index contributed by atoms with van der Waals surface area (Å²) in [7, 11) is 3.19. The van der Waals surface area contributed by atoms with Crippen molar-refractivity contribution >= 4 is 17.3 Å². The number of amides is 1. The topological polar surface area (TPSA) is 99.3 Å². The Bertz CT molecular complexity index is 565. The Kier molecular flexibility index (Phi) is 5.03. The van der Waals surface area contributed by atoms with Gasteiger partial charge in [-0.3, -0.25) is 14.9 Å². The summed E-state index contributed by atoms with van der Waals surface area (Å²) in [5, 5.41) is 22.5. The Morgan fingerprint density at radius 3 is 2.75 bits per heavy atom. The van der Waals surface area contributed by atoms with Crippen molar-refractivity contribution in [3.05, 3.63) is 33.9 Å². The number of rotatable bonds is 5. The van der Waals surface area contributed by atoms with Gasteiger partial charge < -0.3 is 10.2 Å². The Labute approximate surface area is 117 Å². The predicted molar refractivity (Wildman–Crippen MR) is 74.4 cm³/mol. The number of nitrogens with one attached hydrogen (secondary N) is 1. The van der Waals surface area contributed by atoms with Gasteiger partial charge in [0.1, 0.15) is 5.56 Å². The lowest BCUT2D eigenvalue weighted by atomic mass is 10.1. The molecule has 0 saturated heterocycles. The van der Waals surface area contributed by atoms with Crippen LogP contribution in [-0.2, 0) is 0 Å². The first kappa shape index (κ1) is 15.4. The molecule has 0 aliphatic carbocycles. The number of nitrogens with zero attached hydrogens (tertiary/aromatic N) is 3. The van der Waals surface area contributed by atoms with Crippen molar-refractivity contribution in [3.8, 4) is 6.07 Å².